The van der Waals surface area contributed by atoms with Gasteiger partial charge in [-0.05, 0) is 18.3 Å². The molecule has 1 aliphatic heterocycles. The van der Waals surface area contributed by atoms with Gasteiger partial charge in [0.05, 0.1) is 6.10 Å². The Hall–Kier alpha value is -0.0800. The van der Waals surface area contributed by atoms with Crippen molar-refractivity contribution in [2.24, 2.45) is 11.8 Å². The molecule has 12 heavy (non-hydrogen) atoms. The maximum atomic E-state index is 5.75. The second kappa shape index (κ2) is 4.24. The van der Waals surface area contributed by atoms with E-state index in [1.807, 2.05) is 0 Å². The van der Waals surface area contributed by atoms with Gasteiger partial charge < -0.3 is 9.47 Å². The molecule has 2 nitrogen and oxygen atoms in total. The van der Waals surface area contributed by atoms with Crippen molar-refractivity contribution >= 4 is 0 Å². The van der Waals surface area contributed by atoms with Crippen molar-refractivity contribution in [3.8, 4) is 0 Å². The average Bonchev–Trinajstić information content (AvgIpc) is 2.09. The molecule has 1 aliphatic rings. The van der Waals surface area contributed by atoms with Crippen LogP contribution in [-0.2, 0) is 9.47 Å². The van der Waals surface area contributed by atoms with Crippen LogP contribution in [0.25, 0.3) is 0 Å². The minimum atomic E-state index is 0.0288. The molecule has 0 aromatic heterocycles. The molecule has 72 valence electrons. The molecule has 1 heterocycles. The van der Waals surface area contributed by atoms with Gasteiger partial charge in [0.2, 0.25) is 0 Å². The zero-order chi connectivity index (χ0) is 9.14. The largest absolute Gasteiger partial charge is 0.356 e. The average molecular weight is 172 g/mol. The molecule has 1 saturated heterocycles. The van der Waals surface area contributed by atoms with Gasteiger partial charge in [-0.15, -0.1) is 0 Å². The van der Waals surface area contributed by atoms with E-state index < -0.39 is 0 Å². The van der Waals surface area contributed by atoms with Crippen LogP contribution in [0.4, 0.5) is 0 Å². The molecule has 0 radical (unpaired) electrons. The Morgan fingerprint density at radius 1 is 1.42 bits per heavy atom. The Kier molecular flexibility index (Phi) is 3.53. The van der Waals surface area contributed by atoms with Gasteiger partial charge in [-0.25, -0.2) is 0 Å². The van der Waals surface area contributed by atoms with Crippen molar-refractivity contribution in [2.75, 3.05) is 7.11 Å². The smallest absolute Gasteiger partial charge is 0.157 e. The summed E-state index contributed by atoms with van der Waals surface area (Å²) in [4.78, 5) is 0. The van der Waals surface area contributed by atoms with Gasteiger partial charge in [0.1, 0.15) is 0 Å². The summed E-state index contributed by atoms with van der Waals surface area (Å²) in [5.41, 5.74) is 0. The van der Waals surface area contributed by atoms with Crippen LogP contribution < -0.4 is 0 Å². The lowest BCUT2D eigenvalue weighted by molar-refractivity contribution is -0.209. The Morgan fingerprint density at radius 3 is 2.58 bits per heavy atom. The number of hydrogen-bond donors (Lipinski definition) is 0. The summed E-state index contributed by atoms with van der Waals surface area (Å²) in [5.74, 6) is 1.38. The van der Waals surface area contributed by atoms with Crippen molar-refractivity contribution in [1.82, 2.24) is 0 Å². The second-order valence-electron chi connectivity index (χ2n) is 3.82. The quantitative estimate of drug-likeness (QED) is 0.637. The Morgan fingerprint density at radius 2 is 2.08 bits per heavy atom. The summed E-state index contributed by atoms with van der Waals surface area (Å²) in [6.45, 7) is 6.72. The summed E-state index contributed by atoms with van der Waals surface area (Å²) in [6, 6.07) is 0. The predicted octanol–water partition coefficient (Wildman–Crippen LogP) is 2.43. The van der Waals surface area contributed by atoms with E-state index in [-0.39, 0.29) is 6.29 Å². The van der Waals surface area contributed by atoms with Crippen molar-refractivity contribution in [3.05, 3.63) is 0 Å². The topological polar surface area (TPSA) is 18.5 Å². The monoisotopic (exact) mass is 172 g/mol. The number of methoxy groups -OCH3 is 1. The lowest BCUT2D eigenvalue weighted by atomic mass is 9.84. The first kappa shape index (κ1) is 10.0. The molecule has 0 bridgehead atoms. The third kappa shape index (κ3) is 1.99. The van der Waals surface area contributed by atoms with E-state index in [0.29, 0.717) is 17.9 Å². The lowest BCUT2D eigenvalue weighted by Crippen LogP contribution is -2.39. The fourth-order valence-electron chi connectivity index (χ4n) is 1.88. The minimum absolute atomic E-state index is 0.0288. The van der Waals surface area contributed by atoms with Crippen LogP contribution >= 0.6 is 0 Å². The zero-order valence-corrected chi connectivity index (χ0v) is 8.54. The van der Waals surface area contributed by atoms with Gasteiger partial charge in [0.25, 0.3) is 0 Å². The predicted molar refractivity (Wildman–Crippen MR) is 48.9 cm³/mol. The van der Waals surface area contributed by atoms with E-state index in [4.69, 9.17) is 9.47 Å². The molecular formula is C10H20O2. The fourth-order valence-corrected chi connectivity index (χ4v) is 1.88. The fraction of sp³-hybridized carbons (Fsp3) is 1.00. The van der Waals surface area contributed by atoms with E-state index in [2.05, 4.69) is 20.8 Å². The molecule has 0 amide bonds. The summed E-state index contributed by atoms with van der Waals surface area (Å²) in [6.07, 6.45) is 2.54. The number of rotatable bonds is 2. The maximum absolute atomic E-state index is 5.75. The standard InChI is InChI=1S/C10H20O2/c1-5-9-8(3)7(2)6-10(11-4)12-9/h7-10H,5-6H2,1-4H3/t7?,8-,9?,10-/m1/s1. The highest BCUT2D eigenvalue weighted by Gasteiger charge is 2.32. The van der Waals surface area contributed by atoms with Crippen LogP contribution in [0.15, 0.2) is 0 Å². The van der Waals surface area contributed by atoms with Crippen LogP contribution in [0, 0.1) is 11.8 Å². The van der Waals surface area contributed by atoms with E-state index in [1.54, 1.807) is 7.11 Å². The van der Waals surface area contributed by atoms with Crippen LogP contribution in [-0.4, -0.2) is 19.5 Å². The van der Waals surface area contributed by atoms with Crippen molar-refractivity contribution in [2.45, 2.75) is 46.0 Å². The van der Waals surface area contributed by atoms with E-state index in [9.17, 15) is 0 Å². The van der Waals surface area contributed by atoms with Gasteiger partial charge in [-0.1, -0.05) is 20.8 Å². The number of hydrogen-bond acceptors (Lipinski definition) is 2. The van der Waals surface area contributed by atoms with Gasteiger partial charge in [-0.2, -0.15) is 0 Å². The van der Waals surface area contributed by atoms with Crippen LogP contribution in [0.1, 0.15) is 33.6 Å². The van der Waals surface area contributed by atoms with Crippen molar-refractivity contribution in [3.63, 3.8) is 0 Å². The Balaban J connectivity index is 2.52. The molecule has 0 N–H and O–H groups in total. The first-order valence-electron chi connectivity index (χ1n) is 4.87. The highest BCUT2D eigenvalue weighted by Crippen LogP contribution is 2.31. The summed E-state index contributed by atoms with van der Waals surface area (Å²) in [7, 11) is 1.72. The van der Waals surface area contributed by atoms with Crippen molar-refractivity contribution < 1.29 is 9.47 Å². The van der Waals surface area contributed by atoms with E-state index in [0.717, 1.165) is 12.8 Å². The van der Waals surface area contributed by atoms with E-state index >= 15 is 0 Å². The van der Waals surface area contributed by atoms with Gasteiger partial charge in [0, 0.05) is 13.5 Å². The molecule has 0 aliphatic carbocycles. The van der Waals surface area contributed by atoms with E-state index in [1.165, 1.54) is 0 Å². The zero-order valence-electron chi connectivity index (χ0n) is 8.54. The highest BCUT2D eigenvalue weighted by atomic mass is 16.7. The first-order chi connectivity index (χ1) is 5.69. The summed E-state index contributed by atoms with van der Waals surface area (Å²) < 4.78 is 11.0. The molecule has 0 spiro atoms. The lowest BCUT2D eigenvalue weighted by Gasteiger charge is -2.38. The third-order valence-electron chi connectivity index (χ3n) is 3.04. The Labute approximate surface area is 75.2 Å². The molecule has 2 heteroatoms. The summed E-state index contributed by atoms with van der Waals surface area (Å²) >= 11 is 0. The number of ether oxygens (including phenoxy) is 2. The second-order valence-corrected chi connectivity index (χ2v) is 3.82. The highest BCUT2D eigenvalue weighted by molar-refractivity contribution is 4.76. The third-order valence-corrected chi connectivity index (χ3v) is 3.04. The van der Waals surface area contributed by atoms with Crippen molar-refractivity contribution in [1.29, 1.82) is 0 Å². The molecular weight excluding hydrogens is 152 g/mol. The van der Waals surface area contributed by atoms with Gasteiger partial charge in [-0.3, -0.25) is 0 Å². The molecule has 0 saturated carbocycles. The van der Waals surface area contributed by atoms with Gasteiger partial charge in [0.15, 0.2) is 6.29 Å². The molecule has 0 aromatic carbocycles. The van der Waals surface area contributed by atoms with Crippen LogP contribution in [0.2, 0.25) is 0 Å². The van der Waals surface area contributed by atoms with Crippen LogP contribution in [0.5, 0.6) is 0 Å². The van der Waals surface area contributed by atoms with Gasteiger partial charge >= 0.3 is 0 Å². The molecule has 1 fully saturated rings. The Bertz CT molecular complexity index is 136. The molecule has 2 unspecified atom stereocenters. The molecule has 1 rings (SSSR count). The SMILES string of the molecule is CCC1O[C@@H](OC)CC(C)[C@H]1C. The minimum Gasteiger partial charge on any atom is -0.356 e. The van der Waals surface area contributed by atoms with Crippen LogP contribution in [0.3, 0.4) is 0 Å². The maximum Gasteiger partial charge on any atom is 0.157 e. The molecule has 4 atom stereocenters. The summed E-state index contributed by atoms with van der Waals surface area (Å²) in [5, 5.41) is 0. The molecule has 0 aromatic rings. The first-order valence-corrected chi connectivity index (χ1v) is 4.87. The normalized spacial score (nSPS) is 43.0.